The predicted molar refractivity (Wildman–Crippen MR) is 116 cm³/mol. The Morgan fingerprint density at radius 3 is 2.72 bits per heavy atom. The molecule has 3 aliphatic heterocycles. The van der Waals surface area contributed by atoms with E-state index in [4.69, 9.17) is 14.3 Å². The molecule has 4 rings (SSSR count). The van der Waals surface area contributed by atoms with Crippen LogP contribution in [0.5, 0.6) is 0 Å². The molecule has 1 unspecified atom stereocenters. The van der Waals surface area contributed by atoms with Gasteiger partial charge in [0.05, 0.1) is 31.0 Å². The number of aromatic nitrogens is 1. The van der Waals surface area contributed by atoms with Gasteiger partial charge in [0.15, 0.2) is 5.96 Å². The smallest absolute Gasteiger partial charge is 0.194 e. The van der Waals surface area contributed by atoms with Gasteiger partial charge in [-0.2, -0.15) is 11.8 Å². The first-order valence-electron chi connectivity index (χ1n) is 10.8. The zero-order valence-electron chi connectivity index (χ0n) is 17.5. The first kappa shape index (κ1) is 21.0. The number of guanidine groups is 1. The fraction of sp³-hybridized carbons (Fsp3) is 0.800. The van der Waals surface area contributed by atoms with Crippen LogP contribution in [0.3, 0.4) is 0 Å². The van der Waals surface area contributed by atoms with E-state index in [2.05, 4.69) is 43.9 Å². The summed E-state index contributed by atoms with van der Waals surface area (Å²) in [5, 5.41) is 7.57. The molecule has 8 nitrogen and oxygen atoms in total. The van der Waals surface area contributed by atoms with Crippen molar-refractivity contribution < 1.29 is 9.26 Å². The number of nitrogens with one attached hydrogen (secondary N) is 1. The Labute approximate surface area is 178 Å². The molecule has 0 spiro atoms. The largest absolute Gasteiger partial charge is 0.379 e. The number of hydrogen-bond acceptors (Lipinski definition) is 7. The minimum Gasteiger partial charge on any atom is -0.379 e. The van der Waals surface area contributed by atoms with Gasteiger partial charge in [0.2, 0.25) is 0 Å². The van der Waals surface area contributed by atoms with Crippen LogP contribution in [0, 0.1) is 0 Å². The Balaban J connectivity index is 1.37. The summed E-state index contributed by atoms with van der Waals surface area (Å²) in [6.07, 6.45) is 2.87. The Morgan fingerprint density at radius 1 is 1.24 bits per heavy atom. The minimum absolute atomic E-state index is 0.198. The second-order valence-electron chi connectivity index (χ2n) is 8.05. The lowest BCUT2D eigenvalue weighted by molar-refractivity contribution is -0.0105. The van der Waals surface area contributed by atoms with Gasteiger partial charge >= 0.3 is 0 Å². The SMILES string of the molecule is CCNC(=NCC1(N2CCOCC2)CCSC1)N1CCN(Cc2ccon2)CC1. The zero-order chi connectivity index (χ0) is 19.9. The topological polar surface area (TPSA) is 69.4 Å². The van der Waals surface area contributed by atoms with E-state index < -0.39 is 0 Å². The van der Waals surface area contributed by atoms with Gasteiger partial charge in [-0.1, -0.05) is 5.16 Å². The fourth-order valence-corrected chi connectivity index (χ4v) is 5.89. The van der Waals surface area contributed by atoms with E-state index >= 15 is 0 Å². The van der Waals surface area contributed by atoms with Crippen LogP contribution >= 0.6 is 11.8 Å². The average Bonchev–Trinajstić information content (AvgIpc) is 3.45. The zero-order valence-corrected chi connectivity index (χ0v) is 18.3. The molecule has 0 amide bonds. The number of morpholine rings is 1. The minimum atomic E-state index is 0.198. The maximum atomic E-state index is 5.59. The fourth-order valence-electron chi connectivity index (χ4n) is 4.42. The highest BCUT2D eigenvalue weighted by atomic mass is 32.2. The Bertz CT molecular complexity index is 635. The monoisotopic (exact) mass is 422 g/mol. The number of thioether (sulfide) groups is 1. The molecule has 3 saturated heterocycles. The van der Waals surface area contributed by atoms with Crippen molar-refractivity contribution >= 4 is 17.7 Å². The first-order valence-corrected chi connectivity index (χ1v) is 12.0. The molecular formula is C20H34N6O2S. The van der Waals surface area contributed by atoms with E-state index in [9.17, 15) is 0 Å². The normalized spacial score (nSPS) is 27.5. The molecule has 162 valence electrons. The summed E-state index contributed by atoms with van der Waals surface area (Å²) in [6.45, 7) is 12.6. The predicted octanol–water partition coefficient (Wildman–Crippen LogP) is 0.966. The van der Waals surface area contributed by atoms with Crippen molar-refractivity contribution in [3.8, 4) is 0 Å². The molecule has 0 aromatic carbocycles. The van der Waals surface area contributed by atoms with Crippen molar-refractivity contribution in [3.63, 3.8) is 0 Å². The Hall–Kier alpha value is -1.29. The highest BCUT2D eigenvalue weighted by Gasteiger charge is 2.40. The second-order valence-corrected chi connectivity index (χ2v) is 9.16. The summed E-state index contributed by atoms with van der Waals surface area (Å²) in [7, 11) is 0. The molecule has 3 aliphatic rings. The van der Waals surface area contributed by atoms with Crippen LogP contribution in [0.15, 0.2) is 21.8 Å². The summed E-state index contributed by atoms with van der Waals surface area (Å²) < 4.78 is 10.5. The lowest BCUT2D eigenvalue weighted by atomic mass is 9.96. The Morgan fingerprint density at radius 2 is 2.07 bits per heavy atom. The molecular weight excluding hydrogens is 388 g/mol. The van der Waals surface area contributed by atoms with E-state index in [0.717, 1.165) is 83.8 Å². The number of nitrogens with zero attached hydrogens (tertiary/aromatic N) is 5. The van der Waals surface area contributed by atoms with Gasteiger partial charge in [0.1, 0.15) is 6.26 Å². The van der Waals surface area contributed by atoms with Gasteiger partial charge in [-0.3, -0.25) is 14.8 Å². The van der Waals surface area contributed by atoms with Crippen LogP contribution in [-0.2, 0) is 11.3 Å². The van der Waals surface area contributed by atoms with Gasteiger partial charge in [-0.15, -0.1) is 0 Å². The van der Waals surface area contributed by atoms with E-state index in [-0.39, 0.29) is 5.54 Å². The van der Waals surface area contributed by atoms with Gasteiger partial charge in [0.25, 0.3) is 0 Å². The molecule has 0 aliphatic carbocycles. The summed E-state index contributed by atoms with van der Waals surface area (Å²) >= 11 is 2.07. The summed E-state index contributed by atoms with van der Waals surface area (Å²) in [6, 6.07) is 1.95. The standard InChI is InChI=1S/C20H34N6O2S/c1-2-21-19(25-7-5-24(6-8-25)15-18-3-11-28-23-18)22-16-20(4-14-29-17-20)26-9-12-27-13-10-26/h3,11H,2,4-10,12-17H2,1H3,(H,21,22). The molecule has 0 radical (unpaired) electrons. The van der Waals surface area contributed by atoms with Crippen LogP contribution in [-0.4, -0.2) is 108 Å². The maximum absolute atomic E-state index is 5.59. The number of aliphatic imine (C=N–C) groups is 1. The first-order chi connectivity index (χ1) is 14.3. The van der Waals surface area contributed by atoms with Crippen molar-refractivity contribution in [3.05, 3.63) is 18.0 Å². The highest BCUT2D eigenvalue weighted by Crippen LogP contribution is 2.34. The van der Waals surface area contributed by atoms with Crippen molar-refractivity contribution in [2.75, 3.05) is 77.1 Å². The van der Waals surface area contributed by atoms with Crippen LogP contribution in [0.4, 0.5) is 0 Å². The van der Waals surface area contributed by atoms with Crippen LogP contribution < -0.4 is 5.32 Å². The number of piperazine rings is 1. The van der Waals surface area contributed by atoms with Crippen LogP contribution in [0.2, 0.25) is 0 Å². The summed E-state index contributed by atoms with van der Waals surface area (Å²) in [4.78, 5) is 12.6. The molecule has 3 fully saturated rings. The van der Waals surface area contributed by atoms with Crippen molar-refractivity contribution in [2.24, 2.45) is 4.99 Å². The molecule has 9 heteroatoms. The van der Waals surface area contributed by atoms with Gasteiger partial charge < -0.3 is 19.5 Å². The summed E-state index contributed by atoms with van der Waals surface area (Å²) in [5.74, 6) is 3.49. The van der Waals surface area contributed by atoms with Crippen LogP contribution in [0.1, 0.15) is 19.0 Å². The van der Waals surface area contributed by atoms with Crippen molar-refractivity contribution in [1.29, 1.82) is 0 Å². The molecule has 0 saturated carbocycles. The number of ether oxygens (including phenoxy) is 1. The van der Waals surface area contributed by atoms with Crippen LogP contribution in [0.25, 0.3) is 0 Å². The van der Waals surface area contributed by atoms with Gasteiger partial charge in [-0.25, -0.2) is 0 Å². The molecule has 1 aromatic heterocycles. The summed E-state index contributed by atoms with van der Waals surface area (Å²) in [5.41, 5.74) is 1.20. The number of hydrogen-bond donors (Lipinski definition) is 1. The van der Waals surface area contributed by atoms with Gasteiger partial charge in [-0.05, 0) is 19.1 Å². The number of rotatable bonds is 6. The quantitative estimate of drug-likeness (QED) is 0.537. The molecule has 0 bridgehead atoms. The van der Waals surface area contributed by atoms with E-state index in [1.165, 1.54) is 17.9 Å². The third-order valence-corrected chi connectivity index (χ3v) is 7.41. The highest BCUT2D eigenvalue weighted by molar-refractivity contribution is 7.99. The molecule has 1 N–H and O–H groups in total. The van der Waals surface area contributed by atoms with E-state index in [0.29, 0.717) is 0 Å². The maximum Gasteiger partial charge on any atom is 0.194 e. The average molecular weight is 423 g/mol. The molecule has 1 aromatic rings. The molecule has 1 atom stereocenters. The molecule has 29 heavy (non-hydrogen) atoms. The van der Waals surface area contributed by atoms with Gasteiger partial charge in [0, 0.05) is 64.2 Å². The Kier molecular flexibility index (Phi) is 7.34. The lowest BCUT2D eigenvalue weighted by Gasteiger charge is -2.42. The van der Waals surface area contributed by atoms with E-state index in [1.807, 2.05) is 6.07 Å². The molecule has 4 heterocycles. The van der Waals surface area contributed by atoms with Crippen molar-refractivity contribution in [2.45, 2.75) is 25.4 Å². The third kappa shape index (κ3) is 5.25. The van der Waals surface area contributed by atoms with Crippen molar-refractivity contribution in [1.82, 2.24) is 25.2 Å². The van der Waals surface area contributed by atoms with E-state index in [1.54, 1.807) is 6.26 Å². The third-order valence-electron chi connectivity index (χ3n) is 6.17. The second kappa shape index (κ2) is 10.1. The lowest BCUT2D eigenvalue weighted by Crippen LogP contribution is -2.57.